The minimum absolute atomic E-state index is 0.745. The van der Waals surface area contributed by atoms with E-state index in [2.05, 4.69) is 9.98 Å². The number of aliphatic imine (C=N–C) groups is 1. The number of nitrogens with two attached hydrogens (primary N) is 1. The molecule has 1 rings (SSSR count). The van der Waals surface area contributed by atoms with E-state index in [1.807, 2.05) is 32.1 Å². The SMILES string of the molecule is CC(C)=CC=N/C(=C\N)c1ccncc1. The second kappa shape index (κ2) is 5.75. The number of pyridine rings is 1. The normalized spacial score (nSPS) is 11.7. The standard InChI is InChI=1S/C12H15N3/c1-10(2)3-8-15-12(9-13)11-4-6-14-7-5-11/h3-9H,13H2,1-2H3/b12-9-,15-8?. The molecule has 0 saturated carbocycles. The fourth-order valence-corrected chi connectivity index (χ4v) is 1.00. The molecule has 1 heterocycles. The highest BCUT2D eigenvalue weighted by molar-refractivity contribution is 5.80. The Kier molecular flexibility index (Phi) is 4.29. The second-order valence-electron chi connectivity index (χ2n) is 3.31. The van der Waals surface area contributed by atoms with Crippen LogP contribution in [0.4, 0.5) is 0 Å². The molecular formula is C12H15N3. The third-order valence-electron chi connectivity index (χ3n) is 1.76. The van der Waals surface area contributed by atoms with Gasteiger partial charge in [-0.2, -0.15) is 0 Å². The van der Waals surface area contributed by atoms with E-state index in [0.717, 1.165) is 11.3 Å². The van der Waals surface area contributed by atoms with Crippen molar-refractivity contribution < 1.29 is 0 Å². The van der Waals surface area contributed by atoms with Crippen LogP contribution in [0.2, 0.25) is 0 Å². The van der Waals surface area contributed by atoms with Crippen molar-refractivity contribution in [2.75, 3.05) is 0 Å². The summed E-state index contributed by atoms with van der Waals surface area (Å²) in [4.78, 5) is 8.20. The molecule has 0 amide bonds. The molecule has 3 nitrogen and oxygen atoms in total. The Morgan fingerprint density at radius 1 is 1.33 bits per heavy atom. The molecule has 0 bridgehead atoms. The van der Waals surface area contributed by atoms with Gasteiger partial charge in [-0.05, 0) is 32.1 Å². The van der Waals surface area contributed by atoms with Crippen LogP contribution in [0.15, 0.2) is 47.4 Å². The lowest BCUT2D eigenvalue weighted by Gasteiger charge is -1.98. The lowest BCUT2D eigenvalue weighted by atomic mass is 10.2. The Morgan fingerprint density at radius 3 is 2.53 bits per heavy atom. The molecule has 0 fully saturated rings. The molecule has 3 heteroatoms. The molecule has 2 N–H and O–H groups in total. The zero-order valence-electron chi connectivity index (χ0n) is 9.01. The van der Waals surface area contributed by atoms with E-state index in [0.29, 0.717) is 0 Å². The Labute approximate surface area is 90.1 Å². The molecule has 0 aromatic carbocycles. The van der Waals surface area contributed by atoms with Gasteiger partial charge >= 0.3 is 0 Å². The van der Waals surface area contributed by atoms with E-state index in [-0.39, 0.29) is 0 Å². The quantitative estimate of drug-likeness (QED) is 0.763. The average Bonchev–Trinajstić information content (AvgIpc) is 2.25. The van der Waals surface area contributed by atoms with Crippen LogP contribution in [-0.4, -0.2) is 11.2 Å². The van der Waals surface area contributed by atoms with E-state index < -0.39 is 0 Å². The highest BCUT2D eigenvalue weighted by Gasteiger charge is 1.95. The predicted octanol–water partition coefficient (Wildman–Crippen LogP) is 2.38. The number of allylic oxidation sites excluding steroid dienone is 2. The van der Waals surface area contributed by atoms with Crippen LogP contribution in [-0.2, 0) is 0 Å². The van der Waals surface area contributed by atoms with E-state index in [1.165, 1.54) is 11.8 Å². The summed E-state index contributed by atoms with van der Waals surface area (Å²) in [7, 11) is 0. The number of aromatic nitrogens is 1. The van der Waals surface area contributed by atoms with Crippen molar-refractivity contribution >= 4 is 11.9 Å². The monoisotopic (exact) mass is 201 g/mol. The zero-order valence-corrected chi connectivity index (χ0v) is 9.01. The van der Waals surface area contributed by atoms with Crippen LogP contribution >= 0.6 is 0 Å². The first-order valence-electron chi connectivity index (χ1n) is 4.74. The maximum Gasteiger partial charge on any atom is 0.0857 e. The van der Waals surface area contributed by atoms with Gasteiger partial charge in [-0.1, -0.05) is 5.57 Å². The lowest BCUT2D eigenvalue weighted by molar-refractivity contribution is 1.30. The summed E-state index contributed by atoms with van der Waals surface area (Å²) in [5.41, 5.74) is 8.41. The summed E-state index contributed by atoms with van der Waals surface area (Å²) in [5, 5.41) is 0. The Morgan fingerprint density at radius 2 is 2.00 bits per heavy atom. The third-order valence-corrected chi connectivity index (χ3v) is 1.76. The van der Waals surface area contributed by atoms with E-state index in [4.69, 9.17) is 5.73 Å². The minimum Gasteiger partial charge on any atom is -0.403 e. The molecule has 15 heavy (non-hydrogen) atoms. The molecule has 1 aromatic heterocycles. The van der Waals surface area contributed by atoms with Crippen LogP contribution in [0, 0.1) is 0 Å². The first-order chi connectivity index (χ1) is 7.24. The van der Waals surface area contributed by atoms with Gasteiger partial charge in [0, 0.05) is 30.4 Å². The number of nitrogens with zero attached hydrogens (tertiary/aromatic N) is 2. The van der Waals surface area contributed by atoms with Gasteiger partial charge in [0.15, 0.2) is 0 Å². The van der Waals surface area contributed by atoms with E-state index >= 15 is 0 Å². The summed E-state index contributed by atoms with van der Waals surface area (Å²) in [5.74, 6) is 0. The molecule has 1 aromatic rings. The third kappa shape index (κ3) is 3.77. The molecular weight excluding hydrogens is 186 g/mol. The van der Waals surface area contributed by atoms with E-state index in [9.17, 15) is 0 Å². The van der Waals surface area contributed by atoms with Crippen molar-refractivity contribution in [2.24, 2.45) is 10.7 Å². The summed E-state index contributed by atoms with van der Waals surface area (Å²) >= 11 is 0. The maximum absolute atomic E-state index is 5.50. The Balaban J connectivity index is 2.84. The molecule has 78 valence electrons. The zero-order chi connectivity index (χ0) is 11.1. The van der Waals surface area contributed by atoms with Gasteiger partial charge in [0.25, 0.3) is 0 Å². The minimum atomic E-state index is 0.745. The van der Waals surface area contributed by atoms with Crippen molar-refractivity contribution in [3.05, 3.63) is 47.9 Å². The van der Waals surface area contributed by atoms with Gasteiger partial charge in [0.05, 0.1) is 5.70 Å². The topological polar surface area (TPSA) is 51.3 Å². The fraction of sp³-hybridized carbons (Fsp3) is 0.167. The second-order valence-corrected chi connectivity index (χ2v) is 3.31. The smallest absolute Gasteiger partial charge is 0.0857 e. The van der Waals surface area contributed by atoms with Crippen LogP contribution in [0.5, 0.6) is 0 Å². The van der Waals surface area contributed by atoms with E-state index in [1.54, 1.807) is 18.6 Å². The molecule has 0 spiro atoms. The Bertz CT molecular complexity index is 385. The maximum atomic E-state index is 5.50. The van der Waals surface area contributed by atoms with Crippen molar-refractivity contribution in [2.45, 2.75) is 13.8 Å². The molecule has 0 aliphatic rings. The van der Waals surface area contributed by atoms with Crippen molar-refractivity contribution in [3.63, 3.8) is 0 Å². The number of hydrogen-bond acceptors (Lipinski definition) is 3. The molecule has 0 atom stereocenters. The van der Waals surface area contributed by atoms with Crippen LogP contribution in [0.3, 0.4) is 0 Å². The Hall–Kier alpha value is -1.90. The van der Waals surface area contributed by atoms with Gasteiger partial charge in [-0.25, -0.2) is 0 Å². The van der Waals surface area contributed by atoms with Crippen LogP contribution in [0.1, 0.15) is 19.4 Å². The molecule has 0 aliphatic heterocycles. The molecule has 0 aliphatic carbocycles. The highest BCUT2D eigenvalue weighted by Crippen LogP contribution is 2.12. The summed E-state index contributed by atoms with van der Waals surface area (Å²) < 4.78 is 0. The fourth-order valence-electron chi connectivity index (χ4n) is 1.00. The van der Waals surface area contributed by atoms with Crippen LogP contribution in [0.25, 0.3) is 5.70 Å². The van der Waals surface area contributed by atoms with Crippen LogP contribution < -0.4 is 5.73 Å². The van der Waals surface area contributed by atoms with Gasteiger partial charge in [-0.3, -0.25) is 9.98 Å². The first-order valence-corrected chi connectivity index (χ1v) is 4.74. The lowest BCUT2D eigenvalue weighted by Crippen LogP contribution is -1.87. The predicted molar refractivity (Wildman–Crippen MR) is 64.3 cm³/mol. The largest absolute Gasteiger partial charge is 0.403 e. The van der Waals surface area contributed by atoms with Crippen molar-refractivity contribution in [1.82, 2.24) is 4.98 Å². The van der Waals surface area contributed by atoms with Gasteiger partial charge in [0.1, 0.15) is 0 Å². The summed E-state index contributed by atoms with van der Waals surface area (Å²) in [6.07, 6.45) is 8.61. The first kappa shape index (κ1) is 11.2. The summed E-state index contributed by atoms with van der Waals surface area (Å²) in [6.45, 7) is 4.04. The summed E-state index contributed by atoms with van der Waals surface area (Å²) in [6, 6.07) is 3.75. The number of rotatable bonds is 3. The number of hydrogen-bond donors (Lipinski definition) is 1. The highest BCUT2D eigenvalue weighted by atomic mass is 14.8. The van der Waals surface area contributed by atoms with Crippen molar-refractivity contribution in [3.8, 4) is 0 Å². The molecule has 0 saturated heterocycles. The van der Waals surface area contributed by atoms with Gasteiger partial charge in [-0.15, -0.1) is 0 Å². The molecule has 0 radical (unpaired) electrons. The average molecular weight is 201 g/mol. The van der Waals surface area contributed by atoms with Gasteiger partial charge < -0.3 is 5.73 Å². The van der Waals surface area contributed by atoms with Crippen molar-refractivity contribution in [1.29, 1.82) is 0 Å². The van der Waals surface area contributed by atoms with Gasteiger partial charge in [0.2, 0.25) is 0 Å². The molecule has 0 unspecified atom stereocenters.